The smallest absolute Gasteiger partial charge is 0.254 e. The Bertz CT molecular complexity index is 1410. The Morgan fingerprint density at radius 1 is 1.06 bits per heavy atom. The maximum atomic E-state index is 14.0. The molecule has 2 atom stereocenters. The van der Waals surface area contributed by atoms with E-state index in [0.29, 0.717) is 17.5 Å². The summed E-state index contributed by atoms with van der Waals surface area (Å²) in [5, 5.41) is 5.71. The summed E-state index contributed by atoms with van der Waals surface area (Å²) in [6, 6.07) is 13.3. The van der Waals surface area contributed by atoms with Crippen molar-refractivity contribution in [1.82, 2.24) is 19.7 Å². The lowest BCUT2D eigenvalue weighted by Gasteiger charge is -2.45. The van der Waals surface area contributed by atoms with Crippen LogP contribution in [0.3, 0.4) is 0 Å². The maximum absolute atomic E-state index is 14.0. The number of fused-ring (bicyclic) bond motifs is 5. The summed E-state index contributed by atoms with van der Waals surface area (Å²) < 4.78 is 29.2. The van der Waals surface area contributed by atoms with E-state index in [4.69, 9.17) is 5.10 Å². The number of hydrogen-bond acceptors (Lipinski definition) is 3. The zero-order chi connectivity index (χ0) is 22.7. The highest BCUT2D eigenvalue weighted by atomic mass is 19.2. The van der Waals surface area contributed by atoms with Crippen LogP contribution in [-0.2, 0) is 13.5 Å². The van der Waals surface area contributed by atoms with E-state index in [1.165, 1.54) is 6.07 Å². The van der Waals surface area contributed by atoms with Gasteiger partial charge in [-0.15, -0.1) is 0 Å². The van der Waals surface area contributed by atoms with Gasteiger partial charge in [-0.25, -0.2) is 8.78 Å². The van der Waals surface area contributed by atoms with Crippen LogP contribution >= 0.6 is 0 Å². The molecule has 0 aliphatic carbocycles. The van der Waals surface area contributed by atoms with Gasteiger partial charge in [-0.2, -0.15) is 5.10 Å². The Kier molecular flexibility index (Phi) is 4.54. The highest BCUT2D eigenvalue weighted by Crippen LogP contribution is 2.45. The molecular formula is C26H22F2N4O. The fourth-order valence-corrected chi connectivity index (χ4v) is 5.51. The van der Waals surface area contributed by atoms with Crippen LogP contribution < -0.4 is 0 Å². The number of halogens is 2. The molecule has 0 radical (unpaired) electrons. The molecule has 0 spiro atoms. The molecule has 7 heteroatoms. The second-order valence-electron chi connectivity index (χ2n) is 8.89. The van der Waals surface area contributed by atoms with Crippen molar-refractivity contribution in [3.8, 4) is 11.3 Å². The number of rotatable bonds is 2. The van der Waals surface area contributed by atoms with Gasteiger partial charge in [0.2, 0.25) is 0 Å². The molecule has 2 aromatic heterocycles. The second-order valence-corrected chi connectivity index (χ2v) is 8.89. The van der Waals surface area contributed by atoms with Gasteiger partial charge in [-0.05, 0) is 68.1 Å². The summed E-state index contributed by atoms with van der Waals surface area (Å²) in [6.45, 7) is 0. The molecular weight excluding hydrogens is 422 g/mol. The van der Waals surface area contributed by atoms with E-state index in [1.807, 2.05) is 42.3 Å². The lowest BCUT2D eigenvalue weighted by molar-refractivity contribution is 0.0392. The van der Waals surface area contributed by atoms with E-state index in [9.17, 15) is 13.6 Å². The Hall–Kier alpha value is -3.61. The first-order chi connectivity index (χ1) is 16.0. The molecule has 0 N–H and O–H groups in total. The monoisotopic (exact) mass is 444 g/mol. The average molecular weight is 444 g/mol. The lowest BCUT2D eigenvalue weighted by Crippen LogP contribution is -2.49. The van der Waals surface area contributed by atoms with Crippen molar-refractivity contribution in [3.05, 3.63) is 83.2 Å². The lowest BCUT2D eigenvalue weighted by atomic mass is 9.81. The highest BCUT2D eigenvalue weighted by molar-refractivity contribution is 5.98. The molecule has 2 aliphatic rings. The molecule has 1 saturated heterocycles. The number of amides is 1. The number of hydrogen-bond donors (Lipinski definition) is 0. The molecule has 0 saturated carbocycles. The van der Waals surface area contributed by atoms with Gasteiger partial charge in [0.05, 0.1) is 22.9 Å². The quantitative estimate of drug-likeness (QED) is 0.427. The third-order valence-electron chi connectivity index (χ3n) is 6.95. The Labute approximate surface area is 189 Å². The van der Waals surface area contributed by atoms with Crippen LogP contribution in [0.25, 0.3) is 22.2 Å². The molecule has 2 aromatic carbocycles. The van der Waals surface area contributed by atoms with Crippen LogP contribution in [0.4, 0.5) is 8.78 Å². The summed E-state index contributed by atoms with van der Waals surface area (Å²) >= 11 is 0. The zero-order valence-corrected chi connectivity index (χ0v) is 18.1. The highest BCUT2D eigenvalue weighted by Gasteiger charge is 2.43. The zero-order valence-electron chi connectivity index (χ0n) is 18.1. The Morgan fingerprint density at radius 2 is 1.94 bits per heavy atom. The number of benzene rings is 2. The minimum Gasteiger partial charge on any atom is -0.327 e. The first kappa shape index (κ1) is 20.0. The van der Waals surface area contributed by atoms with Gasteiger partial charge >= 0.3 is 0 Å². The van der Waals surface area contributed by atoms with Crippen molar-refractivity contribution in [1.29, 1.82) is 0 Å². The van der Waals surface area contributed by atoms with Gasteiger partial charge in [0.25, 0.3) is 5.91 Å². The molecule has 166 valence electrons. The molecule has 6 rings (SSSR count). The van der Waals surface area contributed by atoms with Crippen molar-refractivity contribution in [2.45, 2.75) is 37.8 Å². The molecule has 4 heterocycles. The second kappa shape index (κ2) is 7.47. The van der Waals surface area contributed by atoms with Gasteiger partial charge in [0, 0.05) is 41.4 Å². The average Bonchev–Trinajstić information content (AvgIpc) is 3.15. The number of pyridine rings is 1. The summed E-state index contributed by atoms with van der Waals surface area (Å²) in [4.78, 5) is 20.0. The maximum Gasteiger partial charge on any atom is 0.254 e. The molecule has 1 fully saturated rings. The van der Waals surface area contributed by atoms with Crippen molar-refractivity contribution in [2.75, 3.05) is 0 Å². The largest absolute Gasteiger partial charge is 0.327 e. The number of carbonyl (C=O) groups is 1. The predicted molar refractivity (Wildman–Crippen MR) is 121 cm³/mol. The van der Waals surface area contributed by atoms with Crippen LogP contribution in [0.5, 0.6) is 0 Å². The van der Waals surface area contributed by atoms with Gasteiger partial charge in [-0.3, -0.25) is 14.5 Å². The van der Waals surface area contributed by atoms with Gasteiger partial charge in [0.15, 0.2) is 11.6 Å². The Morgan fingerprint density at radius 3 is 2.79 bits per heavy atom. The molecule has 4 aromatic rings. The summed E-state index contributed by atoms with van der Waals surface area (Å²) in [5.41, 5.74) is 4.80. The molecule has 2 unspecified atom stereocenters. The van der Waals surface area contributed by atoms with Crippen LogP contribution in [0.2, 0.25) is 0 Å². The van der Waals surface area contributed by atoms with Crippen LogP contribution in [0, 0.1) is 11.6 Å². The van der Waals surface area contributed by atoms with Gasteiger partial charge in [-0.1, -0.05) is 6.07 Å². The van der Waals surface area contributed by atoms with Gasteiger partial charge in [0.1, 0.15) is 0 Å². The van der Waals surface area contributed by atoms with Crippen molar-refractivity contribution >= 4 is 16.8 Å². The fourth-order valence-electron chi connectivity index (χ4n) is 5.51. The van der Waals surface area contributed by atoms with E-state index in [0.717, 1.165) is 53.2 Å². The summed E-state index contributed by atoms with van der Waals surface area (Å²) in [5.74, 6) is -1.74. The fraction of sp³-hybridized carbons (Fsp3) is 0.269. The van der Waals surface area contributed by atoms with Crippen LogP contribution in [-0.4, -0.2) is 31.6 Å². The summed E-state index contributed by atoms with van der Waals surface area (Å²) in [7, 11) is 1.82. The van der Waals surface area contributed by atoms with Crippen LogP contribution in [0.1, 0.15) is 46.9 Å². The van der Waals surface area contributed by atoms with E-state index in [1.54, 1.807) is 16.9 Å². The van der Waals surface area contributed by atoms with Crippen molar-refractivity contribution in [2.24, 2.45) is 7.05 Å². The topological polar surface area (TPSA) is 51.0 Å². The number of nitrogens with zero attached hydrogens (tertiary/aromatic N) is 4. The predicted octanol–water partition coefficient (Wildman–Crippen LogP) is 5.21. The molecule has 2 bridgehead atoms. The Balaban J connectivity index is 1.42. The number of piperidine rings is 1. The molecule has 2 aliphatic heterocycles. The van der Waals surface area contributed by atoms with E-state index < -0.39 is 11.6 Å². The van der Waals surface area contributed by atoms with Crippen molar-refractivity contribution < 1.29 is 13.6 Å². The SMILES string of the molecule is Cn1nc2c(c1-c1ccc(F)c(F)c1)CC1CCCC2N1C(=O)c1ccc2ncccc2c1. The molecule has 1 amide bonds. The third kappa shape index (κ3) is 3.14. The van der Waals surface area contributed by atoms with Crippen LogP contribution in [0.15, 0.2) is 54.7 Å². The first-order valence-electron chi connectivity index (χ1n) is 11.2. The normalized spacial score (nSPS) is 19.5. The standard InChI is InChI=1S/C26H22F2N4O/c1-31-25(16-7-9-20(27)21(28)13-16)19-14-18-5-2-6-23(24(19)30-31)32(18)26(33)17-8-10-22-15(12-17)4-3-11-29-22/h3-4,7-13,18,23H,2,5-6,14H2,1H3. The van der Waals surface area contributed by atoms with E-state index in [2.05, 4.69) is 4.98 Å². The number of aryl methyl sites for hydroxylation is 1. The summed E-state index contributed by atoms with van der Waals surface area (Å²) in [6.07, 6.45) is 5.15. The molecule has 33 heavy (non-hydrogen) atoms. The number of carbonyl (C=O) groups excluding carboxylic acids is 1. The third-order valence-corrected chi connectivity index (χ3v) is 6.95. The van der Waals surface area contributed by atoms with Crippen molar-refractivity contribution in [3.63, 3.8) is 0 Å². The van der Waals surface area contributed by atoms with Gasteiger partial charge < -0.3 is 4.90 Å². The minimum atomic E-state index is -0.874. The van der Waals surface area contributed by atoms with E-state index in [-0.39, 0.29) is 18.0 Å². The number of aromatic nitrogens is 3. The van der Waals surface area contributed by atoms with E-state index >= 15 is 0 Å². The first-order valence-corrected chi connectivity index (χ1v) is 11.2. The molecule has 5 nitrogen and oxygen atoms in total. The minimum absolute atomic E-state index is 0.00105.